The van der Waals surface area contributed by atoms with Crippen LogP contribution in [0.25, 0.3) is 0 Å². The summed E-state index contributed by atoms with van der Waals surface area (Å²) in [6, 6.07) is 4.58. The van der Waals surface area contributed by atoms with Crippen molar-refractivity contribution in [2.24, 2.45) is 0 Å². The van der Waals surface area contributed by atoms with Gasteiger partial charge in [-0.2, -0.15) is 4.31 Å². The summed E-state index contributed by atoms with van der Waals surface area (Å²) in [5.41, 5.74) is 0. The van der Waals surface area contributed by atoms with Crippen LogP contribution in [0.3, 0.4) is 0 Å². The van der Waals surface area contributed by atoms with Crippen LogP contribution in [0.15, 0.2) is 23.1 Å². The quantitative estimate of drug-likeness (QED) is 0.749. The van der Waals surface area contributed by atoms with Crippen LogP contribution in [-0.4, -0.2) is 56.9 Å². The second-order valence-corrected chi connectivity index (χ2v) is 9.39. The number of quaternary nitrogens is 1. The van der Waals surface area contributed by atoms with Crippen molar-refractivity contribution in [1.29, 1.82) is 0 Å². The van der Waals surface area contributed by atoms with Crippen LogP contribution in [-0.2, 0) is 14.8 Å². The Hall–Kier alpha value is -0.860. The van der Waals surface area contributed by atoms with Crippen molar-refractivity contribution >= 4 is 39.1 Å². The first-order valence-corrected chi connectivity index (χ1v) is 10.6. The number of amides is 1. The van der Waals surface area contributed by atoms with Crippen molar-refractivity contribution in [1.82, 2.24) is 9.62 Å². The zero-order valence-corrected chi connectivity index (χ0v) is 16.3. The summed E-state index contributed by atoms with van der Waals surface area (Å²) >= 11 is 12.0. The number of nitrogens with zero attached hydrogens (tertiary/aromatic N) is 1. The predicted molar refractivity (Wildman–Crippen MR) is 96.5 cm³/mol. The van der Waals surface area contributed by atoms with E-state index in [1.165, 1.54) is 16.4 Å². The molecule has 1 aliphatic heterocycles. The Morgan fingerprint density at radius 2 is 1.92 bits per heavy atom. The van der Waals surface area contributed by atoms with Crippen molar-refractivity contribution in [3.05, 3.63) is 28.2 Å². The first kappa shape index (κ1) is 18.9. The Morgan fingerprint density at radius 1 is 1.28 bits per heavy atom. The standard InChI is InChI=1S/C16H21Cl2N3O3S/c1-11(16(22)19-13-3-4-13)20-6-8-21(9-7-20)25(23,24)15-10-12(17)2-5-14(15)18/h2,5,10-11,13H,3-4,6-9H2,1H3,(H,19,22)/p+1/t11-/m1/s1. The van der Waals surface area contributed by atoms with Crippen LogP contribution in [0.2, 0.25) is 10.0 Å². The summed E-state index contributed by atoms with van der Waals surface area (Å²) in [4.78, 5) is 13.3. The van der Waals surface area contributed by atoms with Gasteiger partial charge in [-0.1, -0.05) is 23.2 Å². The summed E-state index contributed by atoms with van der Waals surface area (Å²) in [6.07, 6.45) is 2.11. The molecule has 1 aliphatic carbocycles. The van der Waals surface area contributed by atoms with Gasteiger partial charge in [0.05, 0.1) is 31.2 Å². The molecular formula is C16H22Cl2N3O3S+. The summed E-state index contributed by atoms with van der Waals surface area (Å²) in [5, 5.41) is 3.50. The van der Waals surface area contributed by atoms with Gasteiger partial charge in [-0.25, -0.2) is 8.42 Å². The van der Waals surface area contributed by atoms with E-state index in [4.69, 9.17) is 23.2 Å². The summed E-state index contributed by atoms with van der Waals surface area (Å²) in [6.45, 7) is 3.75. The minimum atomic E-state index is -3.69. The molecule has 1 heterocycles. The van der Waals surface area contributed by atoms with E-state index in [9.17, 15) is 13.2 Å². The number of benzene rings is 1. The molecular weight excluding hydrogens is 385 g/mol. The van der Waals surface area contributed by atoms with Crippen molar-refractivity contribution in [2.45, 2.75) is 36.7 Å². The molecule has 138 valence electrons. The summed E-state index contributed by atoms with van der Waals surface area (Å²) in [7, 11) is -3.69. The van der Waals surface area contributed by atoms with E-state index < -0.39 is 10.0 Å². The van der Waals surface area contributed by atoms with Crippen LogP contribution in [0.4, 0.5) is 0 Å². The molecule has 3 rings (SSSR count). The lowest BCUT2D eigenvalue weighted by Gasteiger charge is -2.34. The predicted octanol–water partition coefficient (Wildman–Crippen LogP) is 0.550. The zero-order valence-electron chi connectivity index (χ0n) is 14.0. The number of piperazine rings is 1. The molecule has 6 nitrogen and oxygen atoms in total. The van der Waals surface area contributed by atoms with E-state index in [-0.39, 0.29) is 21.9 Å². The highest BCUT2D eigenvalue weighted by Gasteiger charge is 2.36. The number of sulfonamides is 1. The summed E-state index contributed by atoms with van der Waals surface area (Å²) in [5.74, 6) is 0.0479. The van der Waals surface area contributed by atoms with Crippen molar-refractivity contribution in [3.8, 4) is 0 Å². The number of halogens is 2. The fraction of sp³-hybridized carbons (Fsp3) is 0.562. The molecule has 1 saturated heterocycles. The van der Waals surface area contributed by atoms with Gasteiger partial charge in [0.15, 0.2) is 6.04 Å². The van der Waals surface area contributed by atoms with Gasteiger partial charge in [-0.05, 0) is 38.0 Å². The molecule has 25 heavy (non-hydrogen) atoms. The fourth-order valence-corrected chi connectivity index (χ4v) is 5.18. The molecule has 2 aliphatic rings. The molecule has 2 fully saturated rings. The van der Waals surface area contributed by atoms with Crippen LogP contribution < -0.4 is 10.2 Å². The number of rotatable bonds is 5. The largest absolute Gasteiger partial charge is 0.348 e. The fourth-order valence-electron chi connectivity index (χ4n) is 3.00. The first-order valence-electron chi connectivity index (χ1n) is 8.39. The van der Waals surface area contributed by atoms with Crippen LogP contribution in [0, 0.1) is 0 Å². The summed E-state index contributed by atoms with van der Waals surface area (Å²) < 4.78 is 27.1. The van der Waals surface area contributed by atoms with Gasteiger partial charge in [-0.15, -0.1) is 0 Å². The lowest BCUT2D eigenvalue weighted by atomic mass is 10.2. The molecule has 0 unspecified atom stereocenters. The Kier molecular flexibility index (Phi) is 5.60. The van der Waals surface area contributed by atoms with Gasteiger partial charge in [0.25, 0.3) is 5.91 Å². The normalized spacial score (nSPS) is 21.1. The van der Waals surface area contributed by atoms with E-state index in [1.807, 2.05) is 6.92 Å². The number of carbonyl (C=O) groups is 1. The number of nitrogens with one attached hydrogen (secondary N) is 2. The van der Waals surface area contributed by atoms with Gasteiger partial charge >= 0.3 is 0 Å². The number of hydrogen-bond donors (Lipinski definition) is 2. The van der Waals surface area contributed by atoms with E-state index in [2.05, 4.69) is 5.32 Å². The lowest BCUT2D eigenvalue weighted by molar-refractivity contribution is -0.917. The second kappa shape index (κ2) is 7.40. The average molecular weight is 407 g/mol. The Balaban J connectivity index is 1.64. The molecule has 1 saturated carbocycles. The van der Waals surface area contributed by atoms with Crippen molar-refractivity contribution < 1.29 is 18.1 Å². The third kappa shape index (κ3) is 4.28. The highest BCUT2D eigenvalue weighted by molar-refractivity contribution is 7.89. The Bertz CT molecular complexity index is 760. The topological polar surface area (TPSA) is 70.9 Å². The molecule has 0 bridgehead atoms. The Labute approximate surface area is 158 Å². The molecule has 1 aromatic rings. The van der Waals surface area contributed by atoms with E-state index in [0.717, 1.165) is 17.7 Å². The molecule has 1 amide bonds. The van der Waals surface area contributed by atoms with Gasteiger partial charge in [0.2, 0.25) is 10.0 Å². The Morgan fingerprint density at radius 3 is 2.52 bits per heavy atom. The highest BCUT2D eigenvalue weighted by atomic mass is 35.5. The first-order chi connectivity index (χ1) is 11.8. The maximum atomic E-state index is 12.8. The molecule has 0 radical (unpaired) electrons. The molecule has 9 heteroatoms. The van der Waals surface area contributed by atoms with Gasteiger partial charge in [-0.3, -0.25) is 4.79 Å². The van der Waals surface area contributed by atoms with Crippen molar-refractivity contribution in [2.75, 3.05) is 26.2 Å². The monoisotopic (exact) mass is 406 g/mol. The second-order valence-electron chi connectivity index (χ2n) is 6.64. The molecule has 0 aromatic heterocycles. The number of hydrogen-bond acceptors (Lipinski definition) is 3. The van der Waals surface area contributed by atoms with E-state index in [1.54, 1.807) is 6.07 Å². The third-order valence-electron chi connectivity index (χ3n) is 4.81. The van der Waals surface area contributed by atoms with Gasteiger partial charge in [0.1, 0.15) is 4.90 Å². The smallest absolute Gasteiger partial charge is 0.278 e. The highest BCUT2D eigenvalue weighted by Crippen LogP contribution is 2.27. The third-order valence-corrected chi connectivity index (χ3v) is 7.42. The molecule has 1 atom stereocenters. The SMILES string of the molecule is C[C@H](C(=O)NC1CC1)[NH+]1CCN(S(=O)(=O)c2cc(Cl)ccc2Cl)CC1. The minimum Gasteiger partial charge on any atom is -0.348 e. The van der Waals surface area contributed by atoms with Crippen LogP contribution in [0.1, 0.15) is 19.8 Å². The van der Waals surface area contributed by atoms with E-state index >= 15 is 0 Å². The van der Waals surface area contributed by atoms with Crippen LogP contribution in [0.5, 0.6) is 0 Å². The average Bonchev–Trinajstić information content (AvgIpc) is 3.40. The number of carbonyl (C=O) groups excluding carboxylic acids is 1. The van der Waals surface area contributed by atoms with E-state index in [0.29, 0.717) is 37.2 Å². The van der Waals surface area contributed by atoms with Crippen LogP contribution >= 0.6 is 23.2 Å². The zero-order chi connectivity index (χ0) is 18.2. The molecule has 1 aromatic carbocycles. The van der Waals surface area contributed by atoms with Gasteiger partial charge in [0, 0.05) is 11.1 Å². The molecule has 2 N–H and O–H groups in total. The minimum absolute atomic E-state index is 0.0321. The molecule has 0 spiro atoms. The maximum Gasteiger partial charge on any atom is 0.278 e. The maximum absolute atomic E-state index is 12.8. The lowest BCUT2D eigenvalue weighted by Crippen LogP contribution is -3.19. The van der Waals surface area contributed by atoms with Gasteiger partial charge < -0.3 is 10.2 Å². The van der Waals surface area contributed by atoms with Crippen molar-refractivity contribution in [3.63, 3.8) is 0 Å².